The van der Waals surface area contributed by atoms with E-state index in [1.807, 2.05) is 63.2 Å². The Bertz CT molecular complexity index is 1100. The van der Waals surface area contributed by atoms with Crippen LogP contribution in [0.15, 0.2) is 66.7 Å². The van der Waals surface area contributed by atoms with E-state index in [1.165, 1.54) is 11.0 Å². The molecule has 1 N–H and O–H groups in total. The Kier molecular flexibility index (Phi) is 7.29. The second-order valence-corrected chi connectivity index (χ2v) is 9.17. The molecular formula is C27H31FN2O2. The van der Waals surface area contributed by atoms with E-state index in [-0.39, 0.29) is 30.6 Å². The summed E-state index contributed by atoms with van der Waals surface area (Å²) in [6.45, 7) is 7.40. The highest BCUT2D eigenvalue weighted by Crippen LogP contribution is 2.21. The molecule has 0 spiro atoms. The van der Waals surface area contributed by atoms with Crippen molar-refractivity contribution in [1.82, 2.24) is 10.2 Å². The van der Waals surface area contributed by atoms with Crippen LogP contribution in [0.25, 0.3) is 10.8 Å². The van der Waals surface area contributed by atoms with Gasteiger partial charge in [-0.15, -0.1) is 0 Å². The normalized spacial score (nSPS) is 12.4. The van der Waals surface area contributed by atoms with E-state index in [0.717, 1.165) is 16.3 Å². The molecule has 0 bridgehead atoms. The molecule has 0 aromatic heterocycles. The van der Waals surface area contributed by atoms with E-state index < -0.39 is 11.6 Å². The first-order valence-corrected chi connectivity index (χ1v) is 11.0. The molecule has 168 valence electrons. The van der Waals surface area contributed by atoms with Gasteiger partial charge in [-0.25, -0.2) is 4.39 Å². The number of hydrogen-bond donors (Lipinski definition) is 1. The van der Waals surface area contributed by atoms with Crippen LogP contribution in [0.3, 0.4) is 0 Å². The number of hydrogen-bond acceptors (Lipinski definition) is 2. The van der Waals surface area contributed by atoms with Crippen molar-refractivity contribution in [2.75, 3.05) is 0 Å². The first-order valence-electron chi connectivity index (χ1n) is 11.0. The highest BCUT2D eigenvalue weighted by atomic mass is 19.1. The van der Waals surface area contributed by atoms with Crippen LogP contribution in [0.4, 0.5) is 4.39 Å². The summed E-state index contributed by atoms with van der Waals surface area (Å²) in [4.78, 5) is 27.6. The Labute approximate surface area is 189 Å². The lowest BCUT2D eigenvalue weighted by Gasteiger charge is -2.31. The van der Waals surface area contributed by atoms with Crippen molar-refractivity contribution >= 4 is 22.6 Å². The van der Waals surface area contributed by atoms with Gasteiger partial charge in [0.2, 0.25) is 11.8 Å². The van der Waals surface area contributed by atoms with Crippen LogP contribution in [0.1, 0.15) is 45.2 Å². The molecule has 1 atom stereocenters. The molecule has 0 saturated heterocycles. The molecule has 0 aliphatic heterocycles. The van der Waals surface area contributed by atoms with Crippen molar-refractivity contribution in [3.63, 3.8) is 0 Å². The molecule has 0 radical (unpaired) electrons. The molecule has 0 fully saturated rings. The average Bonchev–Trinajstić information content (AvgIpc) is 2.75. The zero-order valence-electron chi connectivity index (χ0n) is 19.2. The van der Waals surface area contributed by atoms with Crippen molar-refractivity contribution in [1.29, 1.82) is 0 Å². The van der Waals surface area contributed by atoms with Crippen molar-refractivity contribution in [2.24, 2.45) is 0 Å². The fraction of sp³-hybridized carbons (Fsp3) is 0.333. The van der Waals surface area contributed by atoms with Gasteiger partial charge < -0.3 is 10.2 Å². The lowest BCUT2D eigenvalue weighted by Crippen LogP contribution is -2.52. The number of nitrogens with zero attached hydrogens (tertiary/aromatic N) is 1. The Hall–Kier alpha value is -3.21. The predicted octanol–water partition coefficient (Wildman–Crippen LogP) is 5.24. The smallest absolute Gasteiger partial charge is 0.242 e. The summed E-state index contributed by atoms with van der Waals surface area (Å²) in [7, 11) is 0. The van der Waals surface area contributed by atoms with Crippen LogP contribution in [-0.4, -0.2) is 28.3 Å². The van der Waals surface area contributed by atoms with Gasteiger partial charge in [-0.1, -0.05) is 60.7 Å². The Morgan fingerprint density at radius 1 is 0.938 bits per heavy atom. The van der Waals surface area contributed by atoms with Crippen LogP contribution in [0.5, 0.6) is 0 Å². The van der Waals surface area contributed by atoms with E-state index in [1.54, 1.807) is 25.1 Å². The average molecular weight is 435 g/mol. The Balaban J connectivity index is 1.82. The van der Waals surface area contributed by atoms with Crippen LogP contribution >= 0.6 is 0 Å². The zero-order chi connectivity index (χ0) is 23.3. The fourth-order valence-electron chi connectivity index (χ4n) is 3.76. The highest BCUT2D eigenvalue weighted by Gasteiger charge is 2.28. The topological polar surface area (TPSA) is 49.4 Å². The van der Waals surface area contributed by atoms with E-state index in [9.17, 15) is 14.0 Å². The lowest BCUT2D eigenvalue weighted by atomic mass is 10.0. The first-order chi connectivity index (χ1) is 15.2. The van der Waals surface area contributed by atoms with Crippen LogP contribution in [0.2, 0.25) is 0 Å². The number of nitrogens with one attached hydrogen (secondary N) is 1. The molecular weight excluding hydrogens is 403 g/mol. The third kappa shape index (κ3) is 5.94. The molecule has 32 heavy (non-hydrogen) atoms. The maximum atomic E-state index is 14.3. The molecule has 0 aliphatic carbocycles. The molecule has 4 nitrogen and oxygen atoms in total. The number of carbonyl (C=O) groups excluding carboxylic acids is 2. The summed E-state index contributed by atoms with van der Waals surface area (Å²) in [5.74, 6) is -0.826. The number of amides is 2. The standard InChI is InChI=1S/C27H31FN2O2/c1-19(26(32)29-27(2,3)4)30(18-22-11-6-8-15-24(22)28)25(31)17-16-21-13-9-12-20-10-5-7-14-23(20)21/h5-15,19H,16-18H2,1-4H3,(H,29,32). The maximum absolute atomic E-state index is 14.3. The molecule has 3 aromatic rings. The Morgan fingerprint density at radius 2 is 1.56 bits per heavy atom. The fourth-order valence-corrected chi connectivity index (χ4v) is 3.76. The molecule has 1 unspecified atom stereocenters. The molecule has 0 aliphatic rings. The van der Waals surface area contributed by atoms with Gasteiger partial charge in [0, 0.05) is 24.1 Å². The van der Waals surface area contributed by atoms with Gasteiger partial charge in [0.1, 0.15) is 11.9 Å². The summed E-state index contributed by atoms with van der Waals surface area (Å²) in [6, 6.07) is 19.8. The van der Waals surface area contributed by atoms with E-state index >= 15 is 0 Å². The molecule has 0 heterocycles. The van der Waals surface area contributed by atoms with Gasteiger partial charge in [-0.2, -0.15) is 0 Å². The van der Waals surface area contributed by atoms with Crippen molar-refractivity contribution in [3.05, 3.63) is 83.7 Å². The van der Waals surface area contributed by atoms with Crippen LogP contribution in [-0.2, 0) is 22.6 Å². The minimum atomic E-state index is -0.728. The number of carbonyl (C=O) groups is 2. The number of aryl methyl sites for hydroxylation is 1. The Morgan fingerprint density at radius 3 is 2.28 bits per heavy atom. The van der Waals surface area contributed by atoms with Gasteiger partial charge >= 0.3 is 0 Å². The minimum absolute atomic E-state index is 0.0414. The summed E-state index contributed by atoms with van der Waals surface area (Å²) in [5.41, 5.74) is 1.04. The summed E-state index contributed by atoms with van der Waals surface area (Å²) < 4.78 is 14.3. The second-order valence-electron chi connectivity index (χ2n) is 9.17. The zero-order valence-corrected chi connectivity index (χ0v) is 19.2. The number of fused-ring (bicyclic) bond motifs is 1. The van der Waals surface area contributed by atoms with Gasteiger partial charge in [0.05, 0.1) is 0 Å². The number of halogens is 1. The summed E-state index contributed by atoms with van der Waals surface area (Å²) in [5, 5.41) is 5.16. The highest BCUT2D eigenvalue weighted by molar-refractivity contribution is 5.89. The summed E-state index contributed by atoms with van der Waals surface area (Å²) >= 11 is 0. The van der Waals surface area contributed by atoms with Gasteiger partial charge in [0.15, 0.2) is 0 Å². The predicted molar refractivity (Wildman–Crippen MR) is 127 cm³/mol. The van der Waals surface area contributed by atoms with Gasteiger partial charge in [-0.3, -0.25) is 9.59 Å². The molecule has 3 rings (SSSR count). The van der Waals surface area contributed by atoms with Crippen molar-refractivity contribution in [2.45, 2.75) is 58.7 Å². The van der Waals surface area contributed by atoms with E-state index in [2.05, 4.69) is 5.32 Å². The summed E-state index contributed by atoms with van der Waals surface area (Å²) in [6.07, 6.45) is 0.775. The monoisotopic (exact) mass is 434 g/mol. The van der Waals surface area contributed by atoms with Crippen molar-refractivity contribution in [3.8, 4) is 0 Å². The third-order valence-electron chi connectivity index (χ3n) is 5.45. The van der Waals surface area contributed by atoms with Crippen LogP contribution in [0, 0.1) is 5.82 Å². The first kappa shape index (κ1) is 23.5. The molecule has 3 aromatic carbocycles. The van der Waals surface area contributed by atoms with Crippen LogP contribution < -0.4 is 5.32 Å². The number of rotatable bonds is 7. The molecule has 0 saturated carbocycles. The van der Waals surface area contributed by atoms with Gasteiger partial charge in [0.25, 0.3) is 0 Å². The largest absolute Gasteiger partial charge is 0.350 e. The quantitative estimate of drug-likeness (QED) is 0.553. The number of benzene rings is 3. The SMILES string of the molecule is CC(C(=O)NC(C)(C)C)N(Cc1ccccc1F)C(=O)CCc1cccc2ccccc12. The molecule has 2 amide bonds. The van der Waals surface area contributed by atoms with Crippen molar-refractivity contribution < 1.29 is 14.0 Å². The molecule has 5 heteroatoms. The second kappa shape index (κ2) is 9.94. The lowest BCUT2D eigenvalue weighted by molar-refractivity contribution is -0.141. The van der Waals surface area contributed by atoms with E-state index in [0.29, 0.717) is 12.0 Å². The minimum Gasteiger partial charge on any atom is -0.350 e. The third-order valence-corrected chi connectivity index (χ3v) is 5.45. The van der Waals surface area contributed by atoms with Gasteiger partial charge in [-0.05, 0) is 56.5 Å². The maximum Gasteiger partial charge on any atom is 0.242 e. The van der Waals surface area contributed by atoms with E-state index in [4.69, 9.17) is 0 Å².